The van der Waals surface area contributed by atoms with Crippen LogP contribution in [0.1, 0.15) is 44.4 Å². The van der Waals surface area contributed by atoms with Crippen LogP contribution >= 0.6 is 0 Å². The minimum Gasteiger partial charge on any atom is -0.497 e. The summed E-state index contributed by atoms with van der Waals surface area (Å²) in [4.78, 5) is 28.7. The minimum absolute atomic E-state index is 0.0722. The lowest BCUT2D eigenvalue weighted by Gasteiger charge is -2.34. The van der Waals surface area contributed by atoms with Crippen LogP contribution in [0, 0.1) is 13.8 Å². The van der Waals surface area contributed by atoms with Gasteiger partial charge in [0.25, 0.3) is 10.0 Å². The fourth-order valence-corrected chi connectivity index (χ4v) is 5.80. The van der Waals surface area contributed by atoms with Crippen molar-refractivity contribution in [3.8, 4) is 5.75 Å². The largest absolute Gasteiger partial charge is 0.497 e. The number of hydrogen-bond acceptors (Lipinski definition) is 5. The maximum absolute atomic E-state index is 14.0. The number of sulfonamides is 1. The van der Waals surface area contributed by atoms with E-state index in [1.54, 1.807) is 50.4 Å². The van der Waals surface area contributed by atoms with Gasteiger partial charge in [0, 0.05) is 12.1 Å². The van der Waals surface area contributed by atoms with Crippen molar-refractivity contribution < 1.29 is 22.7 Å². The fraction of sp³-hybridized carbons (Fsp3) is 0.355. The maximum atomic E-state index is 14.0. The molecule has 0 aliphatic carbocycles. The molecule has 1 N–H and O–H groups in total. The molecule has 0 aliphatic heterocycles. The topological polar surface area (TPSA) is 96.0 Å². The van der Waals surface area contributed by atoms with E-state index in [2.05, 4.69) is 5.32 Å². The molecule has 214 valence electrons. The lowest BCUT2D eigenvalue weighted by molar-refractivity contribution is -0.140. The summed E-state index contributed by atoms with van der Waals surface area (Å²) in [6.45, 7) is 10.6. The summed E-state index contributed by atoms with van der Waals surface area (Å²) in [5.41, 5.74) is 2.35. The molecule has 3 rings (SSSR count). The van der Waals surface area contributed by atoms with Gasteiger partial charge >= 0.3 is 0 Å². The lowest BCUT2D eigenvalue weighted by Crippen LogP contribution is -2.54. The molecule has 40 heavy (non-hydrogen) atoms. The number of benzene rings is 3. The van der Waals surface area contributed by atoms with Gasteiger partial charge in [-0.3, -0.25) is 13.9 Å². The van der Waals surface area contributed by atoms with Gasteiger partial charge in [0.05, 0.1) is 17.7 Å². The smallest absolute Gasteiger partial charge is 0.264 e. The number of carbonyl (C=O) groups excluding carboxylic acids is 2. The van der Waals surface area contributed by atoms with Crippen LogP contribution in [0.25, 0.3) is 0 Å². The van der Waals surface area contributed by atoms with E-state index in [0.717, 1.165) is 15.4 Å². The van der Waals surface area contributed by atoms with Crippen LogP contribution < -0.4 is 14.4 Å². The Bertz CT molecular complexity index is 1430. The molecule has 0 spiro atoms. The molecule has 3 aromatic rings. The first-order chi connectivity index (χ1) is 18.7. The first kappa shape index (κ1) is 30.7. The van der Waals surface area contributed by atoms with Crippen LogP contribution in [0.15, 0.2) is 77.7 Å². The molecule has 0 saturated carbocycles. The number of nitrogens with zero attached hydrogens (tertiary/aromatic N) is 2. The molecular weight excluding hydrogens is 526 g/mol. The van der Waals surface area contributed by atoms with E-state index in [-0.39, 0.29) is 17.3 Å². The van der Waals surface area contributed by atoms with Gasteiger partial charge in [-0.25, -0.2) is 8.42 Å². The normalized spacial score (nSPS) is 12.4. The van der Waals surface area contributed by atoms with E-state index in [1.165, 1.54) is 17.0 Å². The molecule has 0 radical (unpaired) electrons. The Labute approximate surface area is 238 Å². The van der Waals surface area contributed by atoms with E-state index in [4.69, 9.17) is 4.74 Å². The lowest BCUT2D eigenvalue weighted by atomic mass is 10.1. The SMILES string of the molecule is COc1ccc(CN(C(=O)CN(c2ccc(C)cc2C)S(=O)(=O)c2ccccc2)C(C)C(=O)NC(C)(C)C)cc1. The number of methoxy groups -OCH3 is 1. The van der Waals surface area contributed by atoms with Crippen molar-refractivity contribution in [2.45, 2.75) is 64.6 Å². The highest BCUT2D eigenvalue weighted by molar-refractivity contribution is 7.92. The van der Waals surface area contributed by atoms with Crippen molar-refractivity contribution in [3.63, 3.8) is 0 Å². The molecule has 0 aliphatic rings. The number of aryl methyl sites for hydroxylation is 2. The molecule has 0 fully saturated rings. The van der Waals surface area contributed by atoms with Crippen molar-refractivity contribution in [1.82, 2.24) is 10.2 Å². The third kappa shape index (κ3) is 7.63. The van der Waals surface area contributed by atoms with Crippen molar-refractivity contribution in [1.29, 1.82) is 0 Å². The second kappa shape index (κ2) is 12.6. The standard InChI is InChI=1S/C31H39N3O5S/c1-22-13-18-28(23(2)19-22)34(40(37,38)27-11-9-8-10-12-27)21-29(35)33(24(3)30(36)32-31(4,5)6)20-25-14-16-26(39-7)17-15-25/h8-19,24H,20-21H2,1-7H3,(H,32,36). The molecule has 1 atom stereocenters. The molecule has 9 heteroatoms. The predicted octanol–water partition coefficient (Wildman–Crippen LogP) is 4.84. The number of anilines is 1. The van der Waals surface area contributed by atoms with Gasteiger partial charge in [-0.1, -0.05) is 48.0 Å². The van der Waals surface area contributed by atoms with Gasteiger partial charge in [0.2, 0.25) is 11.8 Å². The van der Waals surface area contributed by atoms with E-state index in [0.29, 0.717) is 17.0 Å². The third-order valence-electron chi connectivity index (χ3n) is 6.41. The Balaban J connectivity index is 2.05. The Kier molecular flexibility index (Phi) is 9.63. The van der Waals surface area contributed by atoms with E-state index in [9.17, 15) is 18.0 Å². The van der Waals surface area contributed by atoms with Crippen molar-refractivity contribution >= 4 is 27.5 Å². The van der Waals surface area contributed by atoms with Crippen molar-refractivity contribution in [3.05, 3.63) is 89.5 Å². The molecule has 0 aromatic heterocycles. The third-order valence-corrected chi connectivity index (χ3v) is 8.18. The van der Waals surface area contributed by atoms with Gasteiger partial charge in [0.1, 0.15) is 18.3 Å². The Hall–Kier alpha value is -3.85. The summed E-state index contributed by atoms with van der Waals surface area (Å²) in [7, 11) is -2.54. The average molecular weight is 566 g/mol. The van der Waals surface area contributed by atoms with Crippen LogP contribution in [0.5, 0.6) is 5.75 Å². The first-order valence-electron chi connectivity index (χ1n) is 13.1. The van der Waals surface area contributed by atoms with E-state index < -0.39 is 34.1 Å². The zero-order chi connectivity index (χ0) is 29.7. The summed E-state index contributed by atoms with van der Waals surface area (Å²) >= 11 is 0. The highest BCUT2D eigenvalue weighted by Gasteiger charge is 2.33. The van der Waals surface area contributed by atoms with E-state index >= 15 is 0 Å². The summed E-state index contributed by atoms with van der Waals surface area (Å²) in [5.74, 6) is -0.180. The quantitative estimate of drug-likeness (QED) is 0.380. The number of amides is 2. The molecular formula is C31H39N3O5S. The highest BCUT2D eigenvalue weighted by Crippen LogP contribution is 2.28. The molecule has 0 saturated heterocycles. The molecule has 0 heterocycles. The fourth-order valence-electron chi connectivity index (χ4n) is 4.30. The first-order valence-corrected chi connectivity index (χ1v) is 14.6. The van der Waals surface area contributed by atoms with Gasteiger partial charge in [0.15, 0.2) is 0 Å². The second-order valence-corrected chi connectivity index (χ2v) is 12.8. The second-order valence-electron chi connectivity index (χ2n) is 10.9. The Morgan fingerprint density at radius 1 is 0.950 bits per heavy atom. The summed E-state index contributed by atoms with van der Waals surface area (Å²) in [5, 5.41) is 2.93. The maximum Gasteiger partial charge on any atom is 0.264 e. The van der Waals surface area contributed by atoms with Gasteiger partial charge in [-0.15, -0.1) is 0 Å². The van der Waals surface area contributed by atoms with Gasteiger partial charge in [-0.2, -0.15) is 0 Å². The summed E-state index contributed by atoms with van der Waals surface area (Å²) < 4.78 is 34.2. The average Bonchev–Trinajstić information content (AvgIpc) is 2.90. The zero-order valence-corrected chi connectivity index (χ0v) is 25.1. The predicted molar refractivity (Wildman–Crippen MR) is 158 cm³/mol. The number of hydrogen-bond donors (Lipinski definition) is 1. The van der Waals surface area contributed by atoms with Crippen LogP contribution in [-0.4, -0.2) is 50.4 Å². The van der Waals surface area contributed by atoms with Gasteiger partial charge in [-0.05, 0) is 83.0 Å². The van der Waals surface area contributed by atoms with E-state index in [1.807, 2.05) is 58.9 Å². The molecule has 3 aromatic carbocycles. The Morgan fingerprint density at radius 3 is 2.12 bits per heavy atom. The summed E-state index contributed by atoms with van der Waals surface area (Å²) in [6, 6.07) is 19.7. The zero-order valence-electron chi connectivity index (χ0n) is 24.3. The molecule has 1 unspecified atom stereocenters. The number of ether oxygens (including phenoxy) is 1. The van der Waals surface area contributed by atoms with Crippen LogP contribution in [0.4, 0.5) is 5.69 Å². The number of nitrogens with one attached hydrogen (secondary N) is 1. The van der Waals surface area contributed by atoms with Gasteiger partial charge < -0.3 is 15.0 Å². The van der Waals surface area contributed by atoms with Crippen LogP contribution in [0.3, 0.4) is 0 Å². The number of rotatable bonds is 10. The highest BCUT2D eigenvalue weighted by atomic mass is 32.2. The van der Waals surface area contributed by atoms with Crippen molar-refractivity contribution in [2.75, 3.05) is 18.0 Å². The van der Waals surface area contributed by atoms with Crippen LogP contribution in [0.2, 0.25) is 0 Å². The molecule has 8 nitrogen and oxygen atoms in total. The van der Waals surface area contributed by atoms with Crippen molar-refractivity contribution in [2.24, 2.45) is 0 Å². The molecule has 0 bridgehead atoms. The van der Waals surface area contributed by atoms with Crippen LogP contribution in [-0.2, 0) is 26.2 Å². The molecule has 2 amide bonds. The Morgan fingerprint density at radius 2 is 1.57 bits per heavy atom. The monoisotopic (exact) mass is 565 g/mol. The summed E-state index contributed by atoms with van der Waals surface area (Å²) in [6.07, 6.45) is 0. The number of carbonyl (C=O) groups is 2. The minimum atomic E-state index is -4.11.